The number of rotatable bonds is 4. The van der Waals surface area contributed by atoms with Gasteiger partial charge in [-0.3, -0.25) is 14.9 Å². The first-order valence-corrected chi connectivity index (χ1v) is 5.43. The molecule has 15 heavy (non-hydrogen) atoms. The second kappa shape index (κ2) is 5.26. The van der Waals surface area contributed by atoms with E-state index >= 15 is 0 Å². The number of methoxy groups -OCH3 is 1. The van der Waals surface area contributed by atoms with Gasteiger partial charge < -0.3 is 4.74 Å². The van der Waals surface area contributed by atoms with E-state index in [1.807, 2.05) is 0 Å². The van der Waals surface area contributed by atoms with Crippen molar-refractivity contribution in [3.05, 3.63) is 0 Å². The maximum atomic E-state index is 11.6. The molecule has 4 heteroatoms. The summed E-state index contributed by atoms with van der Waals surface area (Å²) in [4.78, 5) is 22.6. The van der Waals surface area contributed by atoms with Crippen molar-refractivity contribution in [2.75, 3.05) is 13.7 Å². The molecule has 0 aromatic heterocycles. The predicted molar refractivity (Wildman–Crippen MR) is 56.5 cm³/mol. The van der Waals surface area contributed by atoms with Crippen molar-refractivity contribution in [1.82, 2.24) is 5.32 Å². The van der Waals surface area contributed by atoms with Crippen molar-refractivity contribution in [3.63, 3.8) is 0 Å². The molecule has 0 spiro atoms. The Morgan fingerprint density at radius 2 is 1.87 bits per heavy atom. The van der Waals surface area contributed by atoms with Crippen molar-refractivity contribution in [1.29, 1.82) is 0 Å². The summed E-state index contributed by atoms with van der Waals surface area (Å²) in [5.74, 6) is -0.188. The summed E-state index contributed by atoms with van der Waals surface area (Å²) in [6.07, 6.45) is 4.94. The summed E-state index contributed by atoms with van der Waals surface area (Å²) in [5, 5.41) is 3.06. The van der Waals surface area contributed by atoms with E-state index in [0.29, 0.717) is 0 Å². The fourth-order valence-corrected chi connectivity index (χ4v) is 2.12. The summed E-state index contributed by atoms with van der Waals surface area (Å²) in [6.45, 7) is 1.71. The zero-order valence-corrected chi connectivity index (χ0v) is 9.47. The molecular weight excluding hydrogens is 194 g/mol. The van der Waals surface area contributed by atoms with Gasteiger partial charge >= 0.3 is 5.97 Å². The van der Waals surface area contributed by atoms with Gasteiger partial charge in [-0.25, -0.2) is 0 Å². The molecular formula is C11H19NO3. The van der Waals surface area contributed by atoms with Crippen LogP contribution in [0.25, 0.3) is 0 Å². The number of esters is 1. The summed E-state index contributed by atoms with van der Waals surface area (Å²) >= 11 is 0. The van der Waals surface area contributed by atoms with Crippen molar-refractivity contribution in [3.8, 4) is 0 Å². The fraction of sp³-hybridized carbons (Fsp3) is 0.818. The highest BCUT2D eigenvalue weighted by molar-refractivity contribution is 5.87. The van der Waals surface area contributed by atoms with Crippen molar-refractivity contribution in [2.24, 2.45) is 0 Å². The molecule has 0 aliphatic heterocycles. The number of hydrogen-bond donors (Lipinski definition) is 1. The van der Waals surface area contributed by atoms with Crippen LogP contribution >= 0.6 is 0 Å². The van der Waals surface area contributed by atoms with Gasteiger partial charge in [-0.2, -0.15) is 0 Å². The molecule has 0 unspecified atom stereocenters. The third-order valence-corrected chi connectivity index (χ3v) is 3.18. The summed E-state index contributed by atoms with van der Waals surface area (Å²) in [6, 6.07) is 0. The molecule has 0 radical (unpaired) electrons. The smallest absolute Gasteiger partial charge is 0.319 e. The highest BCUT2D eigenvalue weighted by atomic mass is 16.5. The van der Waals surface area contributed by atoms with Gasteiger partial charge in [-0.15, -0.1) is 0 Å². The number of carbonyl (C=O) groups is 2. The predicted octanol–water partition coefficient (Wildman–Crippen LogP) is 1.04. The van der Waals surface area contributed by atoms with Gasteiger partial charge in [0.1, 0.15) is 5.78 Å². The van der Waals surface area contributed by atoms with E-state index in [1.165, 1.54) is 13.5 Å². The first-order chi connectivity index (χ1) is 7.10. The average molecular weight is 213 g/mol. The number of hydrogen-bond acceptors (Lipinski definition) is 4. The van der Waals surface area contributed by atoms with E-state index in [9.17, 15) is 9.59 Å². The van der Waals surface area contributed by atoms with Crippen LogP contribution in [0.5, 0.6) is 0 Å². The third kappa shape index (κ3) is 3.02. The Labute approximate surface area is 90.4 Å². The molecule has 86 valence electrons. The second-order valence-corrected chi connectivity index (χ2v) is 4.13. The minimum absolute atomic E-state index is 0.121. The van der Waals surface area contributed by atoms with Crippen LogP contribution in [0.15, 0.2) is 0 Å². The molecule has 0 atom stereocenters. The summed E-state index contributed by atoms with van der Waals surface area (Å²) in [7, 11) is 1.35. The van der Waals surface area contributed by atoms with E-state index in [1.54, 1.807) is 6.92 Å². The topological polar surface area (TPSA) is 55.4 Å². The highest BCUT2D eigenvalue weighted by Crippen LogP contribution is 2.28. The van der Waals surface area contributed by atoms with Crippen LogP contribution in [0.2, 0.25) is 0 Å². The van der Waals surface area contributed by atoms with Crippen LogP contribution in [-0.4, -0.2) is 30.9 Å². The first-order valence-electron chi connectivity index (χ1n) is 5.43. The molecule has 0 heterocycles. The molecule has 0 aromatic carbocycles. The Balaban J connectivity index is 2.57. The Hall–Kier alpha value is -0.900. The fourth-order valence-electron chi connectivity index (χ4n) is 2.12. The van der Waals surface area contributed by atoms with E-state index in [-0.39, 0.29) is 18.3 Å². The van der Waals surface area contributed by atoms with Gasteiger partial charge in [-0.1, -0.05) is 19.3 Å². The minimum Gasteiger partial charge on any atom is -0.468 e. The molecule has 0 amide bonds. The Morgan fingerprint density at radius 1 is 1.27 bits per heavy atom. The van der Waals surface area contributed by atoms with Gasteiger partial charge in [0, 0.05) is 0 Å². The molecule has 1 saturated carbocycles. The number of ketones is 1. The number of Topliss-reactive ketones (excluding diaryl/α,β-unsaturated/α-hetero) is 1. The normalized spacial score (nSPS) is 19.6. The van der Waals surface area contributed by atoms with Crippen LogP contribution in [0.4, 0.5) is 0 Å². The molecule has 0 aromatic rings. The zero-order valence-electron chi connectivity index (χ0n) is 9.47. The third-order valence-electron chi connectivity index (χ3n) is 3.18. The van der Waals surface area contributed by atoms with Gasteiger partial charge in [0.15, 0.2) is 0 Å². The summed E-state index contributed by atoms with van der Waals surface area (Å²) < 4.78 is 4.55. The maximum Gasteiger partial charge on any atom is 0.319 e. The molecule has 1 aliphatic carbocycles. The molecule has 1 rings (SSSR count). The Bertz CT molecular complexity index is 244. The van der Waals surface area contributed by atoms with Gasteiger partial charge in [0.2, 0.25) is 0 Å². The lowest BCUT2D eigenvalue weighted by atomic mass is 9.79. The number of nitrogens with one attached hydrogen (secondary N) is 1. The van der Waals surface area contributed by atoms with Crippen molar-refractivity contribution in [2.45, 2.75) is 44.6 Å². The van der Waals surface area contributed by atoms with Crippen LogP contribution in [0.1, 0.15) is 39.0 Å². The number of carbonyl (C=O) groups excluding carboxylic acids is 2. The lowest BCUT2D eigenvalue weighted by Crippen LogP contribution is -2.53. The van der Waals surface area contributed by atoms with E-state index < -0.39 is 5.54 Å². The van der Waals surface area contributed by atoms with Crippen molar-refractivity contribution >= 4 is 11.8 Å². The Morgan fingerprint density at radius 3 is 2.33 bits per heavy atom. The molecule has 0 saturated heterocycles. The SMILES string of the molecule is COC(=O)CNC1(C(C)=O)CCCCC1. The van der Waals surface area contributed by atoms with Crippen molar-refractivity contribution < 1.29 is 14.3 Å². The van der Waals surface area contributed by atoms with Gasteiger partial charge in [0.05, 0.1) is 19.2 Å². The summed E-state index contributed by atoms with van der Waals surface area (Å²) in [5.41, 5.74) is -0.480. The van der Waals surface area contributed by atoms with Gasteiger partial charge in [0.25, 0.3) is 0 Å². The largest absolute Gasteiger partial charge is 0.468 e. The Kier molecular flexibility index (Phi) is 4.27. The molecule has 1 N–H and O–H groups in total. The van der Waals surface area contributed by atoms with Gasteiger partial charge in [-0.05, 0) is 19.8 Å². The highest BCUT2D eigenvalue weighted by Gasteiger charge is 2.36. The molecule has 1 aliphatic rings. The minimum atomic E-state index is -0.480. The molecule has 1 fully saturated rings. The zero-order chi connectivity index (χ0) is 11.3. The van der Waals surface area contributed by atoms with Crippen LogP contribution in [0, 0.1) is 0 Å². The quantitative estimate of drug-likeness (QED) is 0.709. The van der Waals surface area contributed by atoms with Crippen LogP contribution in [0.3, 0.4) is 0 Å². The standard InChI is InChI=1S/C11H19NO3/c1-9(13)11(6-4-3-5-7-11)12-8-10(14)15-2/h12H,3-8H2,1-2H3. The molecule has 4 nitrogen and oxygen atoms in total. The first kappa shape index (κ1) is 12.2. The van der Waals surface area contributed by atoms with Crippen LogP contribution < -0.4 is 5.32 Å². The van der Waals surface area contributed by atoms with Crippen LogP contribution in [-0.2, 0) is 14.3 Å². The monoisotopic (exact) mass is 213 g/mol. The van der Waals surface area contributed by atoms with E-state index in [4.69, 9.17) is 0 Å². The number of ether oxygens (including phenoxy) is 1. The van der Waals surface area contributed by atoms with E-state index in [0.717, 1.165) is 25.7 Å². The second-order valence-electron chi connectivity index (χ2n) is 4.13. The van der Waals surface area contributed by atoms with E-state index in [2.05, 4.69) is 10.1 Å². The average Bonchev–Trinajstić information content (AvgIpc) is 2.27. The molecule has 0 bridgehead atoms. The maximum absolute atomic E-state index is 11.6. The lowest BCUT2D eigenvalue weighted by Gasteiger charge is -2.35. The lowest BCUT2D eigenvalue weighted by molar-refractivity contribution is -0.140.